The molecule has 0 saturated carbocycles. The molecule has 0 fully saturated rings. The highest BCUT2D eigenvalue weighted by molar-refractivity contribution is 5.22. The molecule has 1 unspecified atom stereocenters. The summed E-state index contributed by atoms with van der Waals surface area (Å²) in [6, 6.07) is 8.88. The van der Waals surface area contributed by atoms with Gasteiger partial charge in [-0.2, -0.15) is 0 Å². The molecule has 102 valence electrons. The lowest BCUT2D eigenvalue weighted by molar-refractivity contribution is 0.185. The predicted octanol–water partition coefficient (Wildman–Crippen LogP) is 2.21. The molecule has 1 N–H and O–H groups in total. The Morgan fingerprint density at radius 1 is 1.37 bits per heavy atom. The van der Waals surface area contributed by atoms with Gasteiger partial charge in [0.1, 0.15) is 0 Å². The minimum absolute atomic E-state index is 0.403. The SMILES string of the molecule is COCc1cccc(CNC(C)Cn2ccnc2)c1. The molecule has 1 aromatic carbocycles. The van der Waals surface area contributed by atoms with Gasteiger partial charge in [-0.05, 0) is 18.1 Å². The van der Waals surface area contributed by atoms with Crippen molar-refractivity contribution >= 4 is 0 Å². The molecule has 0 bridgehead atoms. The first kappa shape index (κ1) is 13.8. The highest BCUT2D eigenvalue weighted by Gasteiger charge is 2.03. The Labute approximate surface area is 114 Å². The second-order valence-corrected chi connectivity index (χ2v) is 4.79. The molecule has 4 heteroatoms. The summed E-state index contributed by atoms with van der Waals surface area (Å²) in [6.07, 6.45) is 5.63. The van der Waals surface area contributed by atoms with E-state index in [1.54, 1.807) is 13.3 Å². The Kier molecular flexibility index (Phi) is 5.12. The van der Waals surface area contributed by atoms with Gasteiger partial charge in [0.25, 0.3) is 0 Å². The van der Waals surface area contributed by atoms with Crippen LogP contribution in [0.2, 0.25) is 0 Å². The number of methoxy groups -OCH3 is 1. The van der Waals surface area contributed by atoms with Crippen molar-refractivity contribution in [1.29, 1.82) is 0 Å². The third-order valence-corrected chi connectivity index (χ3v) is 3.00. The maximum Gasteiger partial charge on any atom is 0.0946 e. The second-order valence-electron chi connectivity index (χ2n) is 4.79. The quantitative estimate of drug-likeness (QED) is 0.828. The highest BCUT2D eigenvalue weighted by Crippen LogP contribution is 2.06. The molecular weight excluding hydrogens is 238 g/mol. The van der Waals surface area contributed by atoms with Gasteiger partial charge in [0.05, 0.1) is 12.9 Å². The van der Waals surface area contributed by atoms with Crippen LogP contribution in [0.5, 0.6) is 0 Å². The van der Waals surface area contributed by atoms with Crippen LogP contribution in [0.3, 0.4) is 0 Å². The Hall–Kier alpha value is -1.65. The summed E-state index contributed by atoms with van der Waals surface area (Å²) in [5, 5.41) is 3.52. The van der Waals surface area contributed by atoms with Gasteiger partial charge in [0.15, 0.2) is 0 Å². The van der Waals surface area contributed by atoms with Gasteiger partial charge in [-0.25, -0.2) is 4.98 Å². The normalized spacial score (nSPS) is 12.5. The summed E-state index contributed by atoms with van der Waals surface area (Å²) in [4.78, 5) is 4.05. The summed E-state index contributed by atoms with van der Waals surface area (Å²) in [5.41, 5.74) is 2.50. The number of hydrogen-bond donors (Lipinski definition) is 1. The molecule has 0 aliphatic rings. The molecule has 4 nitrogen and oxygen atoms in total. The summed E-state index contributed by atoms with van der Waals surface area (Å²) < 4.78 is 7.23. The lowest BCUT2D eigenvalue weighted by Crippen LogP contribution is -2.29. The Morgan fingerprint density at radius 2 is 2.21 bits per heavy atom. The van der Waals surface area contributed by atoms with Crippen LogP contribution < -0.4 is 5.32 Å². The molecule has 2 aromatic rings. The van der Waals surface area contributed by atoms with Crippen LogP contribution in [0, 0.1) is 0 Å². The number of hydrogen-bond acceptors (Lipinski definition) is 3. The van der Waals surface area contributed by atoms with Crippen molar-refractivity contribution in [1.82, 2.24) is 14.9 Å². The molecule has 0 aliphatic heterocycles. The third-order valence-electron chi connectivity index (χ3n) is 3.00. The lowest BCUT2D eigenvalue weighted by atomic mass is 10.1. The van der Waals surface area contributed by atoms with Crippen LogP contribution in [0.15, 0.2) is 43.0 Å². The number of benzene rings is 1. The number of ether oxygens (including phenoxy) is 1. The van der Waals surface area contributed by atoms with E-state index < -0.39 is 0 Å². The zero-order valence-corrected chi connectivity index (χ0v) is 11.5. The fourth-order valence-electron chi connectivity index (χ4n) is 2.06. The largest absolute Gasteiger partial charge is 0.380 e. The van der Waals surface area contributed by atoms with Crippen molar-refractivity contribution < 1.29 is 4.74 Å². The average molecular weight is 259 g/mol. The van der Waals surface area contributed by atoms with Crippen LogP contribution in [0.1, 0.15) is 18.1 Å². The van der Waals surface area contributed by atoms with Gasteiger partial charge in [0, 0.05) is 38.6 Å². The monoisotopic (exact) mass is 259 g/mol. The molecule has 1 heterocycles. The van der Waals surface area contributed by atoms with Gasteiger partial charge >= 0.3 is 0 Å². The van der Waals surface area contributed by atoms with E-state index >= 15 is 0 Å². The highest BCUT2D eigenvalue weighted by atomic mass is 16.5. The fourth-order valence-corrected chi connectivity index (χ4v) is 2.06. The summed E-state index contributed by atoms with van der Waals surface area (Å²) in [6.45, 7) is 4.64. The van der Waals surface area contributed by atoms with E-state index in [2.05, 4.69) is 46.1 Å². The van der Waals surface area contributed by atoms with Crippen molar-refractivity contribution in [2.24, 2.45) is 0 Å². The standard InChI is InChI=1S/C15H21N3O/c1-13(10-18-7-6-16-12-18)17-9-14-4-3-5-15(8-14)11-19-2/h3-8,12-13,17H,9-11H2,1-2H3. The number of rotatable bonds is 7. The molecule has 2 rings (SSSR count). The first-order chi connectivity index (χ1) is 9.28. The van der Waals surface area contributed by atoms with Crippen molar-refractivity contribution in [3.63, 3.8) is 0 Å². The van der Waals surface area contributed by atoms with E-state index in [9.17, 15) is 0 Å². The summed E-state index contributed by atoms with van der Waals surface area (Å²) in [7, 11) is 1.72. The first-order valence-corrected chi connectivity index (χ1v) is 6.54. The second kappa shape index (κ2) is 7.07. The van der Waals surface area contributed by atoms with Gasteiger partial charge < -0.3 is 14.6 Å². The topological polar surface area (TPSA) is 39.1 Å². The maximum absolute atomic E-state index is 5.15. The van der Waals surface area contributed by atoms with Crippen LogP contribution in [0.4, 0.5) is 0 Å². The minimum Gasteiger partial charge on any atom is -0.380 e. The van der Waals surface area contributed by atoms with Crippen LogP contribution in [-0.4, -0.2) is 22.7 Å². The van der Waals surface area contributed by atoms with Crippen molar-refractivity contribution in [2.45, 2.75) is 32.7 Å². The van der Waals surface area contributed by atoms with E-state index in [0.29, 0.717) is 12.6 Å². The molecule has 0 saturated heterocycles. The van der Waals surface area contributed by atoms with Gasteiger partial charge in [-0.1, -0.05) is 24.3 Å². The predicted molar refractivity (Wildman–Crippen MR) is 75.7 cm³/mol. The molecular formula is C15H21N3O. The van der Waals surface area contributed by atoms with Gasteiger partial charge in [-0.15, -0.1) is 0 Å². The zero-order chi connectivity index (χ0) is 13.5. The Morgan fingerprint density at radius 3 is 2.95 bits per heavy atom. The number of aromatic nitrogens is 2. The number of imidazole rings is 1. The van der Waals surface area contributed by atoms with E-state index in [1.807, 2.05) is 12.5 Å². The maximum atomic E-state index is 5.15. The van der Waals surface area contributed by atoms with Crippen molar-refractivity contribution in [3.8, 4) is 0 Å². The number of nitrogens with zero attached hydrogens (tertiary/aromatic N) is 2. The number of nitrogens with one attached hydrogen (secondary N) is 1. The fraction of sp³-hybridized carbons (Fsp3) is 0.400. The Balaban J connectivity index is 1.82. The van der Waals surface area contributed by atoms with Crippen LogP contribution in [0.25, 0.3) is 0 Å². The first-order valence-electron chi connectivity index (χ1n) is 6.54. The summed E-state index contributed by atoms with van der Waals surface area (Å²) >= 11 is 0. The minimum atomic E-state index is 0.403. The van der Waals surface area contributed by atoms with Gasteiger partial charge in [0.2, 0.25) is 0 Å². The third kappa shape index (κ3) is 4.50. The molecule has 1 aromatic heterocycles. The van der Waals surface area contributed by atoms with E-state index in [1.165, 1.54) is 11.1 Å². The van der Waals surface area contributed by atoms with Gasteiger partial charge in [-0.3, -0.25) is 0 Å². The van der Waals surface area contributed by atoms with Crippen molar-refractivity contribution in [3.05, 3.63) is 54.1 Å². The van der Waals surface area contributed by atoms with E-state index in [4.69, 9.17) is 4.74 Å². The van der Waals surface area contributed by atoms with Crippen LogP contribution in [-0.2, 0) is 24.4 Å². The van der Waals surface area contributed by atoms with E-state index in [0.717, 1.165) is 13.1 Å². The van der Waals surface area contributed by atoms with E-state index in [-0.39, 0.29) is 0 Å². The Bertz CT molecular complexity index is 482. The molecule has 0 spiro atoms. The van der Waals surface area contributed by atoms with Crippen molar-refractivity contribution in [2.75, 3.05) is 7.11 Å². The zero-order valence-electron chi connectivity index (χ0n) is 11.5. The molecule has 19 heavy (non-hydrogen) atoms. The van der Waals surface area contributed by atoms with Crippen LogP contribution >= 0.6 is 0 Å². The smallest absolute Gasteiger partial charge is 0.0946 e. The molecule has 0 amide bonds. The average Bonchev–Trinajstić information content (AvgIpc) is 2.90. The summed E-state index contributed by atoms with van der Waals surface area (Å²) in [5.74, 6) is 0. The molecule has 1 atom stereocenters. The molecule has 0 aliphatic carbocycles. The molecule has 0 radical (unpaired) electrons. The lowest BCUT2D eigenvalue weighted by Gasteiger charge is -2.14.